The summed E-state index contributed by atoms with van der Waals surface area (Å²) < 4.78 is 4.85. The molecular formula is C16H23N3O5S. The number of hydrogen-bond donors (Lipinski definition) is 3. The maximum Gasteiger partial charge on any atom is 0.308 e. The normalized spacial score (nSPS) is 20.5. The average Bonchev–Trinajstić information content (AvgIpc) is 2.81. The minimum Gasteiger partial charge on any atom is -0.481 e. The number of thioether (sulfide) groups is 1. The zero-order valence-electron chi connectivity index (χ0n) is 14.1. The Hall–Kier alpha value is -2.03. The Balaban J connectivity index is 1.72. The lowest BCUT2D eigenvalue weighted by atomic mass is 9.95. The molecular weight excluding hydrogens is 346 g/mol. The van der Waals surface area contributed by atoms with E-state index >= 15 is 0 Å². The van der Waals surface area contributed by atoms with Crippen LogP contribution in [0.4, 0.5) is 5.82 Å². The molecule has 0 aromatic carbocycles. The van der Waals surface area contributed by atoms with Crippen molar-refractivity contribution >= 4 is 35.4 Å². The Bertz CT molecular complexity index is 619. The zero-order valence-corrected chi connectivity index (χ0v) is 14.9. The second-order valence-corrected chi connectivity index (χ2v) is 7.11. The minimum atomic E-state index is -0.859. The van der Waals surface area contributed by atoms with E-state index in [0.29, 0.717) is 24.4 Å². The van der Waals surface area contributed by atoms with E-state index in [0.717, 1.165) is 19.3 Å². The van der Waals surface area contributed by atoms with E-state index in [9.17, 15) is 19.5 Å². The first kappa shape index (κ1) is 19.3. The molecule has 1 aromatic heterocycles. The molecule has 1 aliphatic rings. The van der Waals surface area contributed by atoms with Crippen LogP contribution in [-0.2, 0) is 14.4 Å². The van der Waals surface area contributed by atoms with Gasteiger partial charge in [0.1, 0.15) is 5.76 Å². The van der Waals surface area contributed by atoms with Gasteiger partial charge in [-0.1, -0.05) is 24.4 Å². The summed E-state index contributed by atoms with van der Waals surface area (Å²) in [5.41, 5.74) is 0. The maximum atomic E-state index is 12.1. The molecule has 8 nitrogen and oxygen atoms in total. The Kier molecular flexibility index (Phi) is 7.30. The van der Waals surface area contributed by atoms with E-state index in [1.807, 2.05) is 0 Å². The van der Waals surface area contributed by atoms with Crippen LogP contribution in [0, 0.1) is 12.8 Å². The highest BCUT2D eigenvalue weighted by Gasteiger charge is 2.30. The number of nitrogens with one attached hydrogen (secondary N) is 2. The van der Waals surface area contributed by atoms with E-state index in [1.54, 1.807) is 13.0 Å². The molecule has 0 aliphatic heterocycles. The van der Waals surface area contributed by atoms with Crippen LogP contribution in [0.3, 0.4) is 0 Å². The van der Waals surface area contributed by atoms with Gasteiger partial charge >= 0.3 is 5.97 Å². The van der Waals surface area contributed by atoms with Crippen molar-refractivity contribution in [1.82, 2.24) is 10.5 Å². The quantitative estimate of drug-likeness (QED) is 0.627. The summed E-state index contributed by atoms with van der Waals surface area (Å²) in [6.07, 6.45) is 4.06. The third-order valence-electron chi connectivity index (χ3n) is 4.04. The van der Waals surface area contributed by atoms with Crippen molar-refractivity contribution in [3.63, 3.8) is 0 Å². The molecule has 1 aliphatic carbocycles. The van der Waals surface area contributed by atoms with Crippen molar-refractivity contribution in [2.45, 2.75) is 45.1 Å². The van der Waals surface area contributed by atoms with E-state index in [1.165, 1.54) is 11.8 Å². The Labute approximate surface area is 150 Å². The van der Waals surface area contributed by atoms with Crippen molar-refractivity contribution < 1.29 is 24.0 Å². The van der Waals surface area contributed by atoms with Crippen LogP contribution in [0.25, 0.3) is 0 Å². The van der Waals surface area contributed by atoms with Crippen LogP contribution in [-0.4, -0.2) is 45.6 Å². The van der Waals surface area contributed by atoms with Crippen LogP contribution < -0.4 is 10.6 Å². The van der Waals surface area contributed by atoms with Gasteiger partial charge in [-0.2, -0.15) is 0 Å². The van der Waals surface area contributed by atoms with E-state index in [4.69, 9.17) is 4.52 Å². The molecule has 2 amide bonds. The molecule has 1 fully saturated rings. The molecule has 0 bridgehead atoms. The third-order valence-corrected chi connectivity index (χ3v) is 4.97. The number of carbonyl (C=O) groups is 3. The highest BCUT2D eigenvalue weighted by atomic mass is 32.2. The highest BCUT2D eigenvalue weighted by Crippen LogP contribution is 2.24. The smallest absolute Gasteiger partial charge is 0.308 e. The van der Waals surface area contributed by atoms with Gasteiger partial charge in [0.2, 0.25) is 11.8 Å². The second kappa shape index (κ2) is 9.45. The second-order valence-electron chi connectivity index (χ2n) is 6.12. The molecule has 3 N–H and O–H groups in total. The molecule has 25 heavy (non-hydrogen) atoms. The van der Waals surface area contributed by atoms with Crippen molar-refractivity contribution in [1.29, 1.82) is 0 Å². The van der Waals surface area contributed by atoms with Gasteiger partial charge in [-0.3, -0.25) is 14.4 Å². The molecule has 9 heteroatoms. The number of nitrogens with zero attached hydrogens (tertiary/aromatic N) is 1. The molecule has 0 spiro atoms. The Morgan fingerprint density at radius 2 is 1.96 bits per heavy atom. The Morgan fingerprint density at radius 3 is 2.64 bits per heavy atom. The van der Waals surface area contributed by atoms with Crippen LogP contribution in [0.5, 0.6) is 0 Å². The van der Waals surface area contributed by atoms with Crippen molar-refractivity contribution in [2.75, 3.05) is 16.8 Å². The minimum absolute atomic E-state index is 0.104. The number of rotatable bonds is 7. The van der Waals surface area contributed by atoms with Gasteiger partial charge in [-0.05, 0) is 19.8 Å². The molecule has 0 radical (unpaired) electrons. The number of anilines is 1. The van der Waals surface area contributed by atoms with Crippen molar-refractivity contribution in [3.05, 3.63) is 11.8 Å². The van der Waals surface area contributed by atoms with Crippen molar-refractivity contribution in [3.8, 4) is 0 Å². The number of carboxylic acids is 1. The molecule has 0 unspecified atom stereocenters. The molecule has 0 saturated heterocycles. The standard InChI is InChI=1S/C16H23N3O5S/c1-10-7-13(19-24-10)18-15(21)9-25-8-14(20)17-12-6-4-2-3-5-11(12)16(22)23/h7,11-12H,2-6,8-9H2,1H3,(H,17,20)(H,22,23)(H,18,19,21)/t11-,12+/m1/s1. The maximum absolute atomic E-state index is 12.1. The van der Waals surface area contributed by atoms with Gasteiger partial charge < -0.3 is 20.3 Å². The summed E-state index contributed by atoms with van der Waals surface area (Å²) >= 11 is 1.17. The SMILES string of the molecule is Cc1cc(NC(=O)CSCC(=O)N[C@H]2CCCCC[C@H]2C(=O)O)no1. The van der Waals surface area contributed by atoms with Gasteiger partial charge in [0.15, 0.2) is 5.82 Å². The number of hydrogen-bond acceptors (Lipinski definition) is 6. The van der Waals surface area contributed by atoms with Gasteiger partial charge in [0, 0.05) is 12.1 Å². The zero-order chi connectivity index (χ0) is 18.2. The lowest BCUT2D eigenvalue weighted by Crippen LogP contribution is -2.43. The summed E-state index contributed by atoms with van der Waals surface area (Å²) in [4.78, 5) is 35.2. The topological polar surface area (TPSA) is 122 Å². The fourth-order valence-electron chi connectivity index (χ4n) is 2.87. The summed E-state index contributed by atoms with van der Waals surface area (Å²) in [6.45, 7) is 1.72. The van der Waals surface area contributed by atoms with E-state index < -0.39 is 11.9 Å². The largest absolute Gasteiger partial charge is 0.481 e. The molecule has 138 valence electrons. The molecule has 1 heterocycles. The lowest BCUT2D eigenvalue weighted by molar-refractivity contribution is -0.143. The highest BCUT2D eigenvalue weighted by molar-refractivity contribution is 8.00. The summed E-state index contributed by atoms with van der Waals surface area (Å²) in [6, 6.07) is 1.27. The molecule has 2 atom stereocenters. The fourth-order valence-corrected chi connectivity index (χ4v) is 3.49. The molecule has 2 rings (SSSR count). The predicted octanol–water partition coefficient (Wildman–Crippen LogP) is 1.80. The average molecular weight is 369 g/mol. The number of carbonyl (C=O) groups excluding carboxylic acids is 2. The van der Waals surface area contributed by atoms with Crippen LogP contribution in [0.1, 0.15) is 37.9 Å². The summed E-state index contributed by atoms with van der Waals surface area (Å²) in [5, 5.41) is 18.4. The van der Waals surface area contributed by atoms with Gasteiger partial charge in [-0.25, -0.2) is 0 Å². The predicted molar refractivity (Wildman–Crippen MR) is 93.3 cm³/mol. The Morgan fingerprint density at radius 1 is 1.24 bits per heavy atom. The first-order chi connectivity index (χ1) is 12.0. The van der Waals surface area contributed by atoms with E-state index in [-0.39, 0.29) is 29.4 Å². The van der Waals surface area contributed by atoms with Crippen LogP contribution in [0.2, 0.25) is 0 Å². The number of aliphatic carboxylic acids is 1. The van der Waals surface area contributed by atoms with E-state index in [2.05, 4.69) is 15.8 Å². The van der Waals surface area contributed by atoms with Gasteiger partial charge in [-0.15, -0.1) is 11.8 Å². The number of aryl methyl sites for hydroxylation is 1. The summed E-state index contributed by atoms with van der Waals surface area (Å²) in [7, 11) is 0. The molecule has 1 saturated carbocycles. The van der Waals surface area contributed by atoms with Gasteiger partial charge in [0.25, 0.3) is 0 Å². The van der Waals surface area contributed by atoms with Crippen molar-refractivity contribution in [2.24, 2.45) is 5.92 Å². The number of aromatic nitrogens is 1. The first-order valence-corrected chi connectivity index (χ1v) is 9.44. The lowest BCUT2D eigenvalue weighted by Gasteiger charge is -2.22. The number of amides is 2. The fraction of sp³-hybridized carbons (Fsp3) is 0.625. The van der Waals surface area contributed by atoms with Crippen LogP contribution in [0.15, 0.2) is 10.6 Å². The summed E-state index contributed by atoms with van der Waals surface area (Å²) in [5.74, 6) is -0.760. The third kappa shape index (κ3) is 6.41. The van der Waals surface area contributed by atoms with Crippen LogP contribution >= 0.6 is 11.8 Å². The first-order valence-electron chi connectivity index (χ1n) is 8.29. The number of carboxylic acid groups (broad SMARTS) is 1. The monoisotopic (exact) mass is 369 g/mol. The van der Waals surface area contributed by atoms with Gasteiger partial charge in [0.05, 0.1) is 17.4 Å². The molecule has 1 aromatic rings.